The molecule has 0 fully saturated rings. The number of methoxy groups -OCH3 is 3. The van der Waals surface area contributed by atoms with Crippen LogP contribution in [0.2, 0.25) is 0 Å². The average molecular weight is 381 g/mol. The highest BCUT2D eigenvalue weighted by molar-refractivity contribution is 6.03. The van der Waals surface area contributed by atoms with Crippen LogP contribution >= 0.6 is 0 Å². The van der Waals surface area contributed by atoms with Crippen LogP contribution in [0.5, 0.6) is 17.2 Å². The Labute approximate surface area is 156 Å². The second kappa shape index (κ2) is 8.69. The zero-order valence-electron chi connectivity index (χ0n) is 15.6. The number of hydrazone groups is 1. The number of nitrogens with two attached hydrogens (primary N) is 1. The Balaban J connectivity index is 2.37. The van der Waals surface area contributed by atoms with Crippen molar-refractivity contribution in [2.24, 2.45) is 5.10 Å². The number of amides is 1. The molecule has 1 aliphatic heterocycles. The van der Waals surface area contributed by atoms with Gasteiger partial charge in [0.25, 0.3) is 0 Å². The van der Waals surface area contributed by atoms with E-state index in [0.29, 0.717) is 28.5 Å². The Morgan fingerprint density at radius 2 is 1.89 bits per heavy atom. The summed E-state index contributed by atoms with van der Waals surface area (Å²) in [5.74, 6) is -0.485. The summed E-state index contributed by atoms with van der Waals surface area (Å²) in [7, 11) is 4.47. The fourth-order valence-electron chi connectivity index (χ4n) is 2.89. The van der Waals surface area contributed by atoms with E-state index in [4.69, 9.17) is 14.2 Å². The van der Waals surface area contributed by atoms with Crippen molar-refractivity contribution in [1.82, 2.24) is 5.01 Å². The van der Waals surface area contributed by atoms with Crippen molar-refractivity contribution < 1.29 is 39.3 Å². The van der Waals surface area contributed by atoms with Gasteiger partial charge < -0.3 is 34.5 Å². The van der Waals surface area contributed by atoms with Crippen LogP contribution in [0.15, 0.2) is 17.2 Å². The quantitative estimate of drug-likeness (QED) is 0.515. The fourth-order valence-corrected chi connectivity index (χ4v) is 2.89. The number of carbonyl (C=O) groups excluding carboxylic acids is 2. The van der Waals surface area contributed by atoms with E-state index >= 15 is 0 Å². The molecule has 1 aromatic carbocycles. The third-order valence-corrected chi connectivity index (χ3v) is 4.22. The molecule has 1 amide bonds. The molecule has 10 nitrogen and oxygen atoms in total. The van der Waals surface area contributed by atoms with Crippen molar-refractivity contribution in [2.75, 3.05) is 27.9 Å². The van der Waals surface area contributed by atoms with Gasteiger partial charge in [0.05, 0.1) is 33.5 Å². The minimum absolute atomic E-state index is 0.266. The summed E-state index contributed by atoms with van der Waals surface area (Å²) in [6.45, 7) is 0.708. The molecule has 1 aromatic rings. The Morgan fingerprint density at radius 3 is 2.30 bits per heavy atom. The summed E-state index contributed by atoms with van der Waals surface area (Å²) >= 11 is 0. The molecule has 0 unspecified atom stereocenters. The van der Waals surface area contributed by atoms with Crippen LogP contribution in [-0.2, 0) is 9.59 Å². The molecule has 3 N–H and O–H groups in total. The van der Waals surface area contributed by atoms with Gasteiger partial charge in [0.15, 0.2) is 23.7 Å². The number of nitrogens with zero attached hydrogens (tertiary/aromatic N) is 2. The average Bonchev–Trinajstić information content (AvgIpc) is 3.08. The van der Waals surface area contributed by atoms with Crippen molar-refractivity contribution in [3.8, 4) is 17.2 Å². The van der Waals surface area contributed by atoms with Gasteiger partial charge in [0.1, 0.15) is 12.6 Å². The molecule has 2 rings (SSSR count). The van der Waals surface area contributed by atoms with Crippen LogP contribution in [0.25, 0.3) is 0 Å². The van der Waals surface area contributed by atoms with Gasteiger partial charge in [-0.25, -0.2) is 0 Å². The summed E-state index contributed by atoms with van der Waals surface area (Å²) in [6.07, 6.45) is -0.353. The Morgan fingerprint density at radius 1 is 1.30 bits per heavy atom. The van der Waals surface area contributed by atoms with Crippen LogP contribution in [-0.4, -0.2) is 67.8 Å². The number of hydrogen-bond donors (Lipinski definition) is 2. The van der Waals surface area contributed by atoms with Gasteiger partial charge in [-0.05, 0) is 12.1 Å². The first-order chi connectivity index (χ1) is 12.9. The molecule has 0 aromatic heterocycles. The molecule has 2 atom stereocenters. The van der Waals surface area contributed by atoms with Crippen LogP contribution in [0.4, 0.5) is 0 Å². The highest BCUT2D eigenvalue weighted by atomic mass is 16.5. The number of aliphatic hydroxyl groups excluding tert-OH is 1. The maximum Gasteiger partial charge on any atom is 0.244 e. The van der Waals surface area contributed by atoms with E-state index in [1.54, 1.807) is 12.1 Å². The van der Waals surface area contributed by atoms with Gasteiger partial charge >= 0.3 is 0 Å². The highest BCUT2D eigenvalue weighted by Gasteiger charge is 2.35. The lowest BCUT2D eigenvalue weighted by Crippen LogP contribution is -3.00. The second-order valence-corrected chi connectivity index (χ2v) is 5.90. The molecule has 0 spiro atoms. The molecule has 0 radical (unpaired) electrons. The Hall–Kier alpha value is -2.85. The van der Waals surface area contributed by atoms with E-state index in [1.807, 2.05) is 0 Å². The smallest absolute Gasteiger partial charge is 0.244 e. The number of hydrogen-bond acceptors (Lipinski definition) is 8. The number of carboxylic acids is 1. The summed E-state index contributed by atoms with van der Waals surface area (Å²) < 4.78 is 15.9. The summed E-state index contributed by atoms with van der Waals surface area (Å²) in [4.78, 5) is 23.0. The number of carbonyl (C=O) groups is 2. The number of benzene rings is 1. The van der Waals surface area contributed by atoms with Crippen LogP contribution in [0.1, 0.15) is 18.9 Å². The first-order valence-corrected chi connectivity index (χ1v) is 8.20. The van der Waals surface area contributed by atoms with Crippen LogP contribution in [0.3, 0.4) is 0 Å². The maximum absolute atomic E-state index is 11.9. The fraction of sp³-hybridized carbons (Fsp3) is 0.471. The number of rotatable bonds is 8. The molecule has 148 valence electrons. The Kier molecular flexibility index (Phi) is 6.59. The molecule has 0 aliphatic carbocycles. The van der Waals surface area contributed by atoms with Gasteiger partial charge in [-0.15, -0.1) is 0 Å². The number of carboxylic acid groups (broad SMARTS) is 1. The SMILES string of the molecule is COc1cc(C2=NN(C(C)=O)[C@@H]([NH2+][C@H](CO)C(=O)[O-])C2)cc(OC)c1OC. The van der Waals surface area contributed by atoms with E-state index in [2.05, 4.69) is 5.10 Å². The van der Waals surface area contributed by atoms with E-state index < -0.39 is 24.8 Å². The Bertz CT molecular complexity index is 725. The van der Waals surface area contributed by atoms with Crippen molar-refractivity contribution in [3.63, 3.8) is 0 Å². The summed E-state index contributed by atoms with van der Waals surface area (Å²) in [5.41, 5.74) is 1.18. The molecule has 0 bridgehead atoms. The lowest BCUT2D eigenvalue weighted by molar-refractivity contribution is -0.729. The van der Waals surface area contributed by atoms with E-state index in [1.165, 1.54) is 38.6 Å². The lowest BCUT2D eigenvalue weighted by atomic mass is 10.0. The van der Waals surface area contributed by atoms with Crippen LogP contribution in [0, 0.1) is 0 Å². The number of aliphatic carboxylic acids is 1. The predicted molar refractivity (Wildman–Crippen MR) is 91.4 cm³/mol. The molecule has 1 aliphatic rings. The summed E-state index contributed by atoms with van der Waals surface area (Å²) in [5, 5.41) is 27.2. The first-order valence-electron chi connectivity index (χ1n) is 8.20. The van der Waals surface area contributed by atoms with E-state index in [-0.39, 0.29) is 12.3 Å². The zero-order valence-corrected chi connectivity index (χ0v) is 15.6. The molecule has 10 heteroatoms. The van der Waals surface area contributed by atoms with Crippen molar-refractivity contribution in [1.29, 1.82) is 0 Å². The lowest BCUT2D eigenvalue weighted by Gasteiger charge is -2.23. The van der Waals surface area contributed by atoms with Crippen LogP contribution < -0.4 is 24.6 Å². The van der Waals surface area contributed by atoms with Gasteiger partial charge in [-0.3, -0.25) is 4.79 Å². The van der Waals surface area contributed by atoms with Gasteiger partial charge in [0, 0.05) is 12.5 Å². The van der Waals surface area contributed by atoms with Gasteiger partial charge in [0.2, 0.25) is 11.7 Å². The zero-order chi connectivity index (χ0) is 20.1. The molecular formula is C17H23N3O7. The molecule has 0 saturated heterocycles. The number of aliphatic hydroxyl groups is 1. The van der Waals surface area contributed by atoms with E-state index in [9.17, 15) is 19.8 Å². The monoisotopic (exact) mass is 381 g/mol. The summed E-state index contributed by atoms with van der Waals surface area (Å²) in [6, 6.07) is 2.19. The molecular weight excluding hydrogens is 358 g/mol. The van der Waals surface area contributed by atoms with Crippen molar-refractivity contribution in [2.45, 2.75) is 25.6 Å². The third-order valence-electron chi connectivity index (χ3n) is 4.22. The molecule has 0 saturated carbocycles. The normalized spacial score (nSPS) is 17.3. The van der Waals surface area contributed by atoms with Gasteiger partial charge in [-0.2, -0.15) is 10.1 Å². The number of ether oxygens (including phenoxy) is 3. The number of quaternary nitrogens is 1. The minimum atomic E-state index is -1.41. The standard InChI is InChI=1S/C17H23N3O7/c1-9(22)20-15(18-12(8-21)17(23)24)7-11(19-20)10-5-13(25-2)16(27-4)14(6-10)26-3/h5-6,12,15,18,21H,7-8H2,1-4H3,(H,23,24)/t12-,15-/m1/s1. The van der Waals surface area contributed by atoms with Crippen molar-refractivity contribution in [3.05, 3.63) is 17.7 Å². The predicted octanol–water partition coefficient (Wildman–Crippen LogP) is -2.33. The van der Waals surface area contributed by atoms with Gasteiger partial charge in [-0.1, -0.05) is 0 Å². The highest BCUT2D eigenvalue weighted by Crippen LogP contribution is 2.39. The minimum Gasteiger partial charge on any atom is -0.544 e. The maximum atomic E-state index is 11.9. The molecule has 1 heterocycles. The van der Waals surface area contributed by atoms with Crippen molar-refractivity contribution >= 4 is 17.6 Å². The largest absolute Gasteiger partial charge is 0.544 e. The topological polar surface area (TPSA) is 137 Å². The first kappa shape index (κ1) is 20.5. The third kappa shape index (κ3) is 4.29. The second-order valence-electron chi connectivity index (χ2n) is 5.90. The van der Waals surface area contributed by atoms with E-state index in [0.717, 1.165) is 0 Å². The molecule has 27 heavy (non-hydrogen) atoms.